The van der Waals surface area contributed by atoms with Gasteiger partial charge in [0.05, 0.1) is 5.69 Å². The zero-order chi connectivity index (χ0) is 13.1. The Labute approximate surface area is 125 Å². The van der Waals surface area contributed by atoms with Gasteiger partial charge in [0.25, 0.3) is 0 Å². The minimum absolute atomic E-state index is 0.443. The molecule has 1 fully saturated rings. The molecule has 0 N–H and O–H groups in total. The smallest absolute Gasteiger partial charge is 0.188 e. The van der Waals surface area contributed by atoms with E-state index in [0.29, 0.717) is 5.41 Å². The number of benzene rings is 1. The number of para-hydroxylation sites is 1. The molecule has 1 aromatic carbocycles. The summed E-state index contributed by atoms with van der Waals surface area (Å²) in [6, 6.07) is 10.0. The van der Waals surface area contributed by atoms with Crippen LogP contribution >= 0.6 is 27.7 Å². The van der Waals surface area contributed by atoms with Crippen molar-refractivity contribution in [2.75, 3.05) is 11.1 Å². The first-order valence-electron chi connectivity index (χ1n) is 6.36. The second-order valence-corrected chi connectivity index (χ2v) is 6.49. The number of alkyl halides is 1. The van der Waals surface area contributed by atoms with Crippen molar-refractivity contribution in [3.05, 3.63) is 30.3 Å². The fourth-order valence-electron chi connectivity index (χ4n) is 2.21. The predicted molar refractivity (Wildman–Crippen MR) is 80.0 cm³/mol. The van der Waals surface area contributed by atoms with Gasteiger partial charge < -0.3 is 0 Å². The van der Waals surface area contributed by atoms with E-state index in [4.69, 9.17) is 0 Å². The summed E-state index contributed by atoms with van der Waals surface area (Å²) in [4.78, 5) is 0. The van der Waals surface area contributed by atoms with Crippen LogP contribution in [0, 0.1) is 5.41 Å². The lowest BCUT2D eigenvalue weighted by Gasteiger charge is -2.40. The molecule has 1 heterocycles. The number of aromatic nitrogens is 4. The van der Waals surface area contributed by atoms with E-state index in [0.717, 1.165) is 21.9 Å². The predicted octanol–water partition coefficient (Wildman–Crippen LogP) is 3.32. The minimum Gasteiger partial charge on any atom is -0.188 e. The molecule has 1 aliphatic rings. The first kappa shape index (κ1) is 13.1. The van der Waals surface area contributed by atoms with Crippen LogP contribution in [-0.2, 0) is 0 Å². The van der Waals surface area contributed by atoms with Crippen LogP contribution in [0.25, 0.3) is 5.69 Å². The van der Waals surface area contributed by atoms with Gasteiger partial charge >= 0.3 is 0 Å². The van der Waals surface area contributed by atoms with Crippen molar-refractivity contribution in [2.24, 2.45) is 5.41 Å². The van der Waals surface area contributed by atoms with Gasteiger partial charge in [-0.05, 0) is 40.8 Å². The number of hydrogen-bond acceptors (Lipinski definition) is 4. The quantitative estimate of drug-likeness (QED) is 0.619. The first-order chi connectivity index (χ1) is 9.33. The minimum atomic E-state index is 0.443. The Balaban J connectivity index is 1.74. The van der Waals surface area contributed by atoms with Crippen molar-refractivity contribution in [2.45, 2.75) is 24.4 Å². The lowest BCUT2D eigenvalue weighted by Crippen LogP contribution is -2.33. The molecule has 100 valence electrons. The molecule has 4 nitrogen and oxygen atoms in total. The lowest BCUT2D eigenvalue weighted by atomic mass is 9.72. The van der Waals surface area contributed by atoms with Gasteiger partial charge in [0.1, 0.15) is 0 Å². The van der Waals surface area contributed by atoms with Gasteiger partial charge in [0.15, 0.2) is 0 Å². The normalized spacial score (nSPS) is 17.1. The average molecular weight is 339 g/mol. The van der Waals surface area contributed by atoms with E-state index in [9.17, 15) is 0 Å². The van der Waals surface area contributed by atoms with Crippen LogP contribution < -0.4 is 0 Å². The summed E-state index contributed by atoms with van der Waals surface area (Å²) in [7, 11) is 0. The van der Waals surface area contributed by atoms with Gasteiger partial charge in [-0.3, -0.25) is 0 Å². The largest absolute Gasteiger partial charge is 0.214 e. The second-order valence-electron chi connectivity index (χ2n) is 4.98. The first-order valence-corrected chi connectivity index (χ1v) is 8.46. The zero-order valence-corrected chi connectivity index (χ0v) is 12.9. The van der Waals surface area contributed by atoms with E-state index in [2.05, 4.69) is 31.5 Å². The Morgan fingerprint density at radius 1 is 1.26 bits per heavy atom. The van der Waals surface area contributed by atoms with E-state index >= 15 is 0 Å². The number of rotatable bonds is 5. The molecule has 0 unspecified atom stereocenters. The molecular weight excluding hydrogens is 324 g/mol. The second kappa shape index (κ2) is 5.63. The fourth-order valence-corrected chi connectivity index (χ4v) is 4.42. The highest BCUT2D eigenvalue weighted by molar-refractivity contribution is 9.09. The van der Waals surface area contributed by atoms with Crippen LogP contribution in [0.3, 0.4) is 0 Å². The number of hydrogen-bond donors (Lipinski definition) is 0. The average Bonchev–Trinajstić information content (AvgIpc) is 2.87. The van der Waals surface area contributed by atoms with Crippen LogP contribution in [0.1, 0.15) is 19.3 Å². The molecule has 0 bridgehead atoms. The molecule has 1 aromatic heterocycles. The molecule has 0 saturated heterocycles. The summed E-state index contributed by atoms with van der Waals surface area (Å²) in [5.74, 6) is 1.07. The topological polar surface area (TPSA) is 43.6 Å². The van der Waals surface area contributed by atoms with Gasteiger partial charge in [-0.15, -0.1) is 5.10 Å². The summed E-state index contributed by atoms with van der Waals surface area (Å²) in [5.41, 5.74) is 1.45. The van der Waals surface area contributed by atoms with Crippen molar-refractivity contribution in [3.63, 3.8) is 0 Å². The third kappa shape index (κ3) is 2.69. The Morgan fingerprint density at radius 3 is 2.68 bits per heavy atom. The summed E-state index contributed by atoms with van der Waals surface area (Å²) in [5, 5.41) is 14.0. The van der Waals surface area contributed by atoms with Crippen LogP contribution in [0.2, 0.25) is 0 Å². The van der Waals surface area contributed by atoms with Crippen LogP contribution in [0.15, 0.2) is 35.5 Å². The molecule has 3 rings (SSSR count). The maximum absolute atomic E-state index is 4.14. The molecule has 0 aliphatic heterocycles. The van der Waals surface area contributed by atoms with Crippen LogP contribution in [-0.4, -0.2) is 31.3 Å². The van der Waals surface area contributed by atoms with Crippen molar-refractivity contribution in [1.29, 1.82) is 0 Å². The van der Waals surface area contributed by atoms with Crippen molar-refractivity contribution in [1.82, 2.24) is 20.2 Å². The highest BCUT2D eigenvalue weighted by atomic mass is 79.9. The molecule has 2 aromatic rings. The molecule has 0 amide bonds. The van der Waals surface area contributed by atoms with Crippen LogP contribution in [0.4, 0.5) is 0 Å². The SMILES string of the molecule is BrCC1(CSc2nnnn2-c2ccccc2)CCC1. The maximum atomic E-state index is 4.14. The van der Waals surface area contributed by atoms with Gasteiger partial charge in [-0.1, -0.05) is 52.3 Å². The molecule has 0 radical (unpaired) electrons. The number of halogens is 1. The van der Waals surface area contributed by atoms with Crippen molar-refractivity contribution >= 4 is 27.7 Å². The van der Waals surface area contributed by atoms with E-state index in [1.54, 1.807) is 11.8 Å². The van der Waals surface area contributed by atoms with Gasteiger partial charge in [-0.25, -0.2) is 0 Å². The van der Waals surface area contributed by atoms with E-state index in [1.807, 2.05) is 35.0 Å². The Bertz CT molecular complexity index is 533. The molecule has 19 heavy (non-hydrogen) atoms. The molecular formula is C13H15BrN4S. The van der Waals surface area contributed by atoms with E-state index in [-0.39, 0.29) is 0 Å². The van der Waals surface area contributed by atoms with Gasteiger partial charge in [0.2, 0.25) is 5.16 Å². The fraction of sp³-hybridized carbons (Fsp3) is 0.462. The molecule has 0 atom stereocenters. The Kier molecular flexibility index (Phi) is 3.88. The van der Waals surface area contributed by atoms with Crippen molar-refractivity contribution < 1.29 is 0 Å². The Hall–Kier alpha value is -0.880. The lowest BCUT2D eigenvalue weighted by molar-refractivity contribution is 0.206. The third-order valence-corrected chi connectivity index (χ3v) is 6.11. The monoisotopic (exact) mass is 338 g/mol. The highest BCUT2D eigenvalue weighted by Gasteiger charge is 2.36. The number of nitrogens with zero attached hydrogens (tertiary/aromatic N) is 4. The van der Waals surface area contributed by atoms with E-state index < -0.39 is 0 Å². The van der Waals surface area contributed by atoms with Crippen LogP contribution in [0.5, 0.6) is 0 Å². The highest BCUT2D eigenvalue weighted by Crippen LogP contribution is 2.45. The molecule has 6 heteroatoms. The van der Waals surface area contributed by atoms with Gasteiger partial charge in [-0.2, -0.15) is 4.68 Å². The number of tetrazole rings is 1. The Morgan fingerprint density at radius 2 is 2.05 bits per heavy atom. The van der Waals surface area contributed by atoms with E-state index in [1.165, 1.54) is 19.3 Å². The summed E-state index contributed by atoms with van der Waals surface area (Å²) in [6.07, 6.45) is 3.95. The summed E-state index contributed by atoms with van der Waals surface area (Å²) < 4.78 is 1.81. The molecule has 1 aliphatic carbocycles. The standard InChI is InChI=1S/C13H15BrN4S/c14-9-13(7-4-8-13)10-19-12-15-16-17-18(12)11-5-2-1-3-6-11/h1-3,5-6H,4,7-10H2. The van der Waals surface area contributed by atoms with Crippen molar-refractivity contribution in [3.8, 4) is 5.69 Å². The maximum Gasteiger partial charge on any atom is 0.214 e. The zero-order valence-electron chi connectivity index (χ0n) is 10.5. The molecule has 1 saturated carbocycles. The summed E-state index contributed by atoms with van der Waals surface area (Å²) >= 11 is 5.39. The number of thioether (sulfide) groups is 1. The molecule has 0 spiro atoms. The third-order valence-electron chi connectivity index (χ3n) is 3.65. The van der Waals surface area contributed by atoms with Gasteiger partial charge in [0, 0.05) is 11.1 Å². The summed E-state index contributed by atoms with van der Waals surface area (Å²) in [6.45, 7) is 0.